The van der Waals surface area contributed by atoms with Crippen molar-refractivity contribution in [3.63, 3.8) is 0 Å². The van der Waals surface area contributed by atoms with Gasteiger partial charge in [-0.25, -0.2) is 14.4 Å². The first-order valence-corrected chi connectivity index (χ1v) is 6.58. The van der Waals surface area contributed by atoms with Crippen LogP contribution in [-0.2, 0) is 4.74 Å². The molecule has 0 amide bonds. The van der Waals surface area contributed by atoms with Gasteiger partial charge in [0.05, 0.1) is 7.11 Å². The smallest absolute Gasteiger partial charge is 0.200 e. The van der Waals surface area contributed by atoms with Gasteiger partial charge in [0.1, 0.15) is 15.7 Å². The van der Waals surface area contributed by atoms with Crippen molar-refractivity contribution < 1.29 is 9.13 Å². The summed E-state index contributed by atoms with van der Waals surface area (Å²) >= 11 is 13.0. The topological polar surface area (TPSA) is 47.0 Å². The lowest BCUT2D eigenvalue weighted by atomic mass is 10.3. The summed E-state index contributed by atoms with van der Waals surface area (Å²) in [7, 11) is 1.43. The fourth-order valence-electron chi connectivity index (χ4n) is 1.41. The minimum Gasteiger partial charge on any atom is -0.482 e. The Labute approximate surface area is 111 Å². The van der Waals surface area contributed by atoms with Crippen LogP contribution in [0.5, 0.6) is 0 Å². The average molecular weight is 296 g/mol. The Morgan fingerprint density at radius 2 is 2.18 bits per heavy atom. The van der Waals surface area contributed by atoms with Gasteiger partial charge in [0.2, 0.25) is 5.88 Å². The lowest BCUT2D eigenvalue weighted by molar-refractivity contribution is 0.333. The minimum absolute atomic E-state index is 0.0740. The molecule has 8 heteroatoms. The van der Waals surface area contributed by atoms with Gasteiger partial charge in [-0.1, -0.05) is 35.0 Å². The van der Waals surface area contributed by atoms with Crippen molar-refractivity contribution in [2.75, 3.05) is 13.4 Å². The maximum atomic E-state index is 13.9. The highest BCUT2D eigenvalue weighted by Crippen LogP contribution is 2.15. The summed E-state index contributed by atoms with van der Waals surface area (Å²) in [5, 5.41) is 3.50. The molecule has 0 saturated carbocycles. The van der Waals surface area contributed by atoms with E-state index in [0.717, 1.165) is 0 Å². The van der Waals surface area contributed by atoms with Crippen molar-refractivity contribution in [3.05, 3.63) is 15.7 Å². The van der Waals surface area contributed by atoms with Gasteiger partial charge in [-0.3, -0.25) is 0 Å². The summed E-state index contributed by atoms with van der Waals surface area (Å²) in [4.78, 5) is 8.07. The van der Waals surface area contributed by atoms with Crippen LogP contribution in [-0.4, -0.2) is 28.8 Å². The third-order valence-corrected chi connectivity index (χ3v) is 3.29. The van der Waals surface area contributed by atoms with E-state index in [9.17, 15) is 4.39 Å². The lowest BCUT2D eigenvalue weighted by Crippen LogP contribution is -2.46. The molecule has 1 aliphatic rings. The fourth-order valence-corrected chi connectivity index (χ4v) is 2.28. The van der Waals surface area contributed by atoms with Gasteiger partial charge in [-0.05, 0) is 6.26 Å². The Hall–Kier alpha value is -0.720. The largest absolute Gasteiger partial charge is 0.482 e. The number of halogens is 3. The number of hydrogen-bond acceptors (Lipinski definition) is 5. The normalized spacial score (nSPS) is 18.8. The Bertz CT molecular complexity index is 580. The molecule has 2 heterocycles. The van der Waals surface area contributed by atoms with Gasteiger partial charge >= 0.3 is 0 Å². The second-order valence-electron chi connectivity index (χ2n) is 3.11. The second kappa shape index (κ2) is 4.88. The summed E-state index contributed by atoms with van der Waals surface area (Å²) in [6.07, 6.45) is 1.77. The molecule has 0 fully saturated rings. The molecule has 0 saturated heterocycles. The number of ether oxygens (including phenoxy) is 1. The van der Waals surface area contributed by atoms with Crippen molar-refractivity contribution in [1.29, 1.82) is 0 Å². The van der Waals surface area contributed by atoms with E-state index in [2.05, 4.69) is 15.3 Å². The molecule has 0 spiro atoms. The van der Waals surface area contributed by atoms with E-state index in [1.54, 1.807) is 6.26 Å². The van der Waals surface area contributed by atoms with Gasteiger partial charge in [0.15, 0.2) is 16.5 Å². The number of nitrogens with zero attached hydrogens (tertiary/aromatic N) is 2. The molecule has 4 nitrogen and oxygen atoms in total. The maximum Gasteiger partial charge on any atom is 0.200 e. The molecular weight excluding hydrogens is 288 g/mol. The summed E-state index contributed by atoms with van der Waals surface area (Å²) in [6, 6.07) is 0. The summed E-state index contributed by atoms with van der Waals surface area (Å²) in [6.45, 7) is 0. The van der Waals surface area contributed by atoms with E-state index in [4.69, 9.17) is 27.9 Å². The molecule has 1 aromatic heterocycles. The van der Waals surface area contributed by atoms with E-state index in [0.29, 0.717) is 10.4 Å². The highest BCUT2D eigenvalue weighted by Gasteiger charge is 2.23. The van der Waals surface area contributed by atoms with Crippen LogP contribution in [0.1, 0.15) is 0 Å². The second-order valence-corrected chi connectivity index (χ2v) is 4.68. The van der Waals surface area contributed by atoms with Gasteiger partial charge in [0, 0.05) is 0 Å². The van der Waals surface area contributed by atoms with Crippen LogP contribution in [0.15, 0.2) is 5.16 Å². The van der Waals surface area contributed by atoms with Gasteiger partial charge < -0.3 is 10.1 Å². The maximum absolute atomic E-state index is 13.9. The highest BCUT2D eigenvalue weighted by atomic mass is 35.5. The lowest BCUT2D eigenvalue weighted by Gasteiger charge is -2.18. The van der Waals surface area contributed by atoms with Crippen molar-refractivity contribution in [2.45, 2.75) is 10.7 Å². The number of fused-ring (bicyclic) bond motifs is 1. The molecule has 1 N–H and O–H groups in total. The molecular formula is C9H8Cl2FN3OS. The van der Waals surface area contributed by atoms with Gasteiger partial charge in [0.25, 0.3) is 0 Å². The zero-order chi connectivity index (χ0) is 12.6. The van der Waals surface area contributed by atoms with Gasteiger partial charge in [-0.15, -0.1) is 0 Å². The van der Waals surface area contributed by atoms with Crippen molar-refractivity contribution in [1.82, 2.24) is 15.3 Å². The predicted octanol–water partition coefficient (Wildman–Crippen LogP) is 0.810. The Kier molecular flexibility index (Phi) is 3.65. The highest BCUT2D eigenvalue weighted by molar-refractivity contribution is 7.98. The van der Waals surface area contributed by atoms with Crippen molar-refractivity contribution in [3.8, 4) is 0 Å². The van der Waals surface area contributed by atoms with Crippen LogP contribution in [0.4, 0.5) is 4.39 Å². The monoisotopic (exact) mass is 295 g/mol. The molecule has 1 unspecified atom stereocenters. The average Bonchev–Trinajstić information content (AvgIpc) is 2.33. The number of nitrogens with one attached hydrogen (secondary N) is 1. The number of rotatable bonds is 2. The quantitative estimate of drug-likeness (QED) is 0.288. The minimum atomic E-state index is -1.02. The third kappa shape index (κ3) is 2.17. The van der Waals surface area contributed by atoms with Crippen LogP contribution in [0.2, 0.25) is 5.15 Å². The van der Waals surface area contributed by atoms with E-state index in [1.165, 1.54) is 18.9 Å². The molecule has 0 radical (unpaired) electrons. The molecule has 0 aromatic carbocycles. The number of methoxy groups -OCH3 is 1. The van der Waals surface area contributed by atoms with E-state index in [-0.39, 0.29) is 16.4 Å². The van der Waals surface area contributed by atoms with Gasteiger partial charge in [-0.2, -0.15) is 0 Å². The number of hydrogen-bond donors (Lipinski definition) is 1. The predicted molar refractivity (Wildman–Crippen MR) is 65.8 cm³/mol. The van der Waals surface area contributed by atoms with Crippen molar-refractivity contribution in [2.24, 2.45) is 0 Å². The number of alkyl halides is 1. The first-order valence-electron chi connectivity index (χ1n) is 4.54. The third-order valence-electron chi connectivity index (χ3n) is 2.16. The molecule has 1 atom stereocenters. The Morgan fingerprint density at radius 1 is 1.47 bits per heavy atom. The summed E-state index contributed by atoms with van der Waals surface area (Å²) in [5.41, 5.74) is -1.02. The van der Waals surface area contributed by atoms with Crippen LogP contribution in [0, 0.1) is 0 Å². The number of thioether (sulfide) groups is 1. The molecule has 1 aliphatic heterocycles. The summed E-state index contributed by atoms with van der Waals surface area (Å²) < 4.78 is 18.9. The SMILES string of the molecule is COC1=c2c(Cl)nc(SC)nc2=C(F)C(Cl)N1. The van der Waals surface area contributed by atoms with E-state index < -0.39 is 11.3 Å². The first kappa shape index (κ1) is 12.7. The summed E-state index contributed by atoms with van der Waals surface area (Å²) in [5.74, 6) is -0.332. The zero-order valence-corrected chi connectivity index (χ0v) is 11.3. The Balaban J connectivity index is 2.91. The number of aromatic nitrogens is 2. The van der Waals surface area contributed by atoms with Crippen LogP contribution >= 0.6 is 35.0 Å². The molecule has 2 rings (SSSR count). The molecule has 0 aliphatic carbocycles. The first-order chi connectivity index (χ1) is 8.08. The van der Waals surface area contributed by atoms with Crippen LogP contribution in [0.25, 0.3) is 11.7 Å². The molecule has 0 bridgehead atoms. The Morgan fingerprint density at radius 3 is 2.76 bits per heavy atom. The van der Waals surface area contributed by atoms with Crippen LogP contribution < -0.4 is 15.9 Å². The molecule has 1 aromatic rings. The van der Waals surface area contributed by atoms with Crippen LogP contribution in [0.3, 0.4) is 0 Å². The zero-order valence-electron chi connectivity index (χ0n) is 8.92. The van der Waals surface area contributed by atoms with Crippen molar-refractivity contribution >= 4 is 46.7 Å². The molecule has 17 heavy (non-hydrogen) atoms. The van der Waals surface area contributed by atoms with E-state index in [1.807, 2.05) is 0 Å². The fraction of sp³-hybridized carbons (Fsp3) is 0.333. The van der Waals surface area contributed by atoms with E-state index >= 15 is 0 Å². The standard InChI is InChI=1S/C9H8Cl2FN3OS/c1-16-8-3-5(4(12)7(11)14-8)13-9(17-2)15-6(3)10/h7,14H,1-2H3. The molecule has 92 valence electrons.